The lowest BCUT2D eigenvalue weighted by atomic mass is 10.1. The van der Waals surface area contributed by atoms with Crippen molar-refractivity contribution < 1.29 is 43.0 Å². The molecule has 28 heavy (non-hydrogen) atoms. The van der Waals surface area contributed by atoms with Gasteiger partial charge in [0.05, 0.1) is 54.4 Å². The highest BCUT2D eigenvalue weighted by atomic mass is 32.2. The minimum Gasteiger partial charge on any atom is -0.506 e. The van der Waals surface area contributed by atoms with Gasteiger partial charge in [-0.05, 0) is 0 Å². The molecular weight excluding hydrogens is 392 g/mol. The summed E-state index contributed by atoms with van der Waals surface area (Å²) < 4.78 is 21.3. The van der Waals surface area contributed by atoms with Gasteiger partial charge in [0.25, 0.3) is 10.8 Å². The summed E-state index contributed by atoms with van der Waals surface area (Å²) in [5.41, 5.74) is -0.549. The maximum atomic E-state index is 12.6. The predicted octanol–water partition coefficient (Wildman–Crippen LogP) is -0.107. The number of hydrogen-bond acceptors (Lipinski definition) is 9. The summed E-state index contributed by atoms with van der Waals surface area (Å²) in [5, 5.41) is 10.8. The molecule has 0 aromatic rings. The van der Waals surface area contributed by atoms with Crippen LogP contribution in [0.5, 0.6) is 0 Å². The van der Waals surface area contributed by atoms with Gasteiger partial charge in [0.15, 0.2) is 5.57 Å². The number of rotatable bonds is 5. The van der Waals surface area contributed by atoms with Crippen LogP contribution in [0.2, 0.25) is 0 Å². The van der Waals surface area contributed by atoms with Gasteiger partial charge in [-0.3, -0.25) is 9.48 Å². The molecule has 11 heteroatoms. The number of carbonyl (C=O) groups is 3. The molecule has 156 valence electrons. The van der Waals surface area contributed by atoms with Crippen molar-refractivity contribution in [1.29, 1.82) is 0 Å². The number of methoxy groups -OCH3 is 4. The third kappa shape index (κ3) is 3.85. The molecule has 0 fully saturated rings. The van der Waals surface area contributed by atoms with Crippen molar-refractivity contribution in [3.63, 3.8) is 0 Å². The Balaban J connectivity index is 4.03. The van der Waals surface area contributed by atoms with E-state index in [-0.39, 0.29) is 10.5 Å². The Morgan fingerprint density at radius 3 is 1.96 bits per heavy atom. The van der Waals surface area contributed by atoms with E-state index < -0.39 is 34.2 Å². The molecule has 1 rings (SSSR count). The highest BCUT2D eigenvalue weighted by Gasteiger charge is 2.58. The molecule has 0 saturated carbocycles. The van der Waals surface area contributed by atoms with E-state index in [2.05, 4.69) is 0 Å². The van der Waals surface area contributed by atoms with Gasteiger partial charge in [-0.15, -0.1) is 0 Å². The first-order valence-corrected chi connectivity index (χ1v) is 8.75. The van der Waals surface area contributed by atoms with Gasteiger partial charge in [0, 0.05) is 7.11 Å². The molecule has 0 aliphatic carbocycles. The van der Waals surface area contributed by atoms with E-state index in [1.165, 1.54) is 14.2 Å². The number of aliphatic hydroxyl groups excluding tert-OH is 1. The number of ether oxygens (including phenoxy) is 4. The lowest BCUT2D eigenvalue weighted by molar-refractivity contribution is -0.469. The minimum atomic E-state index is -2.05. The summed E-state index contributed by atoms with van der Waals surface area (Å²) in [7, 11) is 11.3. The number of thioether (sulfide) groups is 1. The van der Waals surface area contributed by atoms with E-state index >= 15 is 0 Å². The Labute approximate surface area is 167 Å². The first-order chi connectivity index (χ1) is 13.0. The average molecular weight is 417 g/mol. The Kier molecular flexibility index (Phi) is 7.65. The Hall–Kier alpha value is -2.53. The first kappa shape index (κ1) is 23.5. The van der Waals surface area contributed by atoms with E-state index in [1.54, 1.807) is 37.7 Å². The first-order valence-electron chi connectivity index (χ1n) is 7.93. The van der Waals surface area contributed by atoms with Crippen LogP contribution in [-0.4, -0.2) is 99.9 Å². The molecule has 0 radical (unpaired) electrons. The molecule has 10 nitrogen and oxygen atoms in total. The predicted molar refractivity (Wildman–Crippen MR) is 101 cm³/mol. The Morgan fingerprint density at radius 2 is 1.61 bits per heavy atom. The van der Waals surface area contributed by atoms with Gasteiger partial charge in [-0.1, -0.05) is 11.8 Å². The standard InChI is InChI=1S/C17H24N2O8S/c1-18(2)13(19(3)4)9(14(21)24-5)12-11(20)10(15(22)25-6)17(27-8,28-12)16(23)26-7/h1-8H3/p+1/b12-9+. The van der Waals surface area contributed by atoms with Crippen molar-refractivity contribution >= 4 is 35.5 Å². The summed E-state index contributed by atoms with van der Waals surface area (Å²) in [5.74, 6) is -3.02. The van der Waals surface area contributed by atoms with Gasteiger partial charge < -0.3 is 24.1 Å². The van der Waals surface area contributed by atoms with Crippen LogP contribution in [0.25, 0.3) is 0 Å². The molecule has 0 amide bonds. The minimum absolute atomic E-state index is 0.0655. The summed E-state index contributed by atoms with van der Waals surface area (Å²) in [6.07, 6.45) is 0. The summed E-state index contributed by atoms with van der Waals surface area (Å²) in [4.78, 5) is 36.9. The highest BCUT2D eigenvalue weighted by molar-refractivity contribution is 8.05. The fourth-order valence-corrected chi connectivity index (χ4v) is 4.05. The third-order valence-electron chi connectivity index (χ3n) is 3.85. The summed E-state index contributed by atoms with van der Waals surface area (Å²) in [6, 6.07) is 0. The second-order valence-corrected chi connectivity index (χ2v) is 7.12. The topological polar surface area (TPSA) is 115 Å². The lowest BCUT2D eigenvalue weighted by Gasteiger charge is -2.25. The van der Waals surface area contributed by atoms with E-state index in [4.69, 9.17) is 18.9 Å². The zero-order valence-electron chi connectivity index (χ0n) is 17.1. The largest absolute Gasteiger partial charge is 0.506 e. The molecule has 1 heterocycles. The molecular formula is C17H25N2O8S+. The molecule has 0 saturated heterocycles. The van der Waals surface area contributed by atoms with E-state index in [0.29, 0.717) is 17.6 Å². The zero-order chi connectivity index (χ0) is 21.8. The van der Waals surface area contributed by atoms with Crippen molar-refractivity contribution in [3.8, 4) is 0 Å². The van der Waals surface area contributed by atoms with Gasteiger partial charge in [0.1, 0.15) is 11.3 Å². The molecule has 1 unspecified atom stereocenters. The average Bonchev–Trinajstić information content (AvgIpc) is 2.96. The van der Waals surface area contributed by atoms with Crippen LogP contribution < -0.4 is 0 Å². The second-order valence-electron chi connectivity index (χ2n) is 5.94. The number of esters is 3. The molecule has 1 aliphatic rings. The molecule has 0 spiro atoms. The van der Waals surface area contributed by atoms with Crippen LogP contribution in [0.15, 0.2) is 21.8 Å². The fraction of sp³-hybridized carbons (Fsp3) is 0.529. The molecule has 0 bridgehead atoms. The van der Waals surface area contributed by atoms with Crippen LogP contribution in [0.1, 0.15) is 0 Å². The van der Waals surface area contributed by atoms with E-state index in [9.17, 15) is 19.5 Å². The maximum absolute atomic E-state index is 12.6. The number of likely N-dealkylation sites (N-methyl/N-ethyl adjacent to an activating group) is 1. The van der Waals surface area contributed by atoms with Crippen LogP contribution >= 0.6 is 11.8 Å². The van der Waals surface area contributed by atoms with Crippen molar-refractivity contribution in [2.45, 2.75) is 4.93 Å². The Morgan fingerprint density at radius 1 is 1.04 bits per heavy atom. The van der Waals surface area contributed by atoms with Crippen LogP contribution in [0.4, 0.5) is 0 Å². The van der Waals surface area contributed by atoms with Crippen LogP contribution in [0, 0.1) is 0 Å². The molecule has 1 atom stereocenters. The molecule has 0 aromatic carbocycles. The molecule has 0 aromatic heterocycles. The Bertz CT molecular complexity index is 780. The van der Waals surface area contributed by atoms with E-state index in [0.717, 1.165) is 14.2 Å². The van der Waals surface area contributed by atoms with Crippen molar-refractivity contribution in [2.24, 2.45) is 0 Å². The summed E-state index contributed by atoms with van der Waals surface area (Å²) >= 11 is 0.649. The maximum Gasteiger partial charge on any atom is 0.354 e. The van der Waals surface area contributed by atoms with Crippen molar-refractivity contribution in [3.05, 3.63) is 21.8 Å². The zero-order valence-corrected chi connectivity index (χ0v) is 17.9. The van der Waals surface area contributed by atoms with Gasteiger partial charge in [-0.2, -0.15) is 0 Å². The van der Waals surface area contributed by atoms with Gasteiger partial charge in [0.2, 0.25) is 0 Å². The molecule has 1 aliphatic heterocycles. The third-order valence-corrected chi connectivity index (χ3v) is 5.27. The second kappa shape index (κ2) is 9.11. The monoisotopic (exact) mass is 417 g/mol. The smallest absolute Gasteiger partial charge is 0.354 e. The number of aliphatic hydroxyl groups is 1. The number of amidine groups is 1. The normalized spacial score (nSPS) is 20.4. The quantitative estimate of drug-likeness (QED) is 0.162. The lowest BCUT2D eigenvalue weighted by Crippen LogP contribution is -2.41. The van der Waals surface area contributed by atoms with Crippen LogP contribution in [-0.2, 0) is 33.3 Å². The highest BCUT2D eigenvalue weighted by Crippen LogP contribution is 2.52. The number of nitrogens with zero attached hydrogens (tertiary/aromatic N) is 2. The van der Waals surface area contributed by atoms with Crippen molar-refractivity contribution in [2.75, 3.05) is 56.6 Å². The van der Waals surface area contributed by atoms with E-state index in [1.807, 2.05) is 0 Å². The molecule has 1 N–H and O–H groups in total. The number of carbonyl (C=O) groups excluding carboxylic acids is 3. The fourth-order valence-electron chi connectivity index (χ4n) is 2.75. The van der Waals surface area contributed by atoms with Gasteiger partial charge >= 0.3 is 17.9 Å². The van der Waals surface area contributed by atoms with Crippen molar-refractivity contribution in [1.82, 2.24) is 4.90 Å². The SMILES string of the molecule is COC(=O)C1=C(O)/C(=C(\C(=O)OC)C(N(C)C)=[N+](C)C)SC1(OC)C(=O)OC. The van der Waals surface area contributed by atoms with Crippen LogP contribution in [0.3, 0.4) is 0 Å². The van der Waals surface area contributed by atoms with Gasteiger partial charge in [-0.25, -0.2) is 14.4 Å². The summed E-state index contributed by atoms with van der Waals surface area (Å²) in [6.45, 7) is 0. The number of hydrogen-bond donors (Lipinski definition) is 1.